The van der Waals surface area contributed by atoms with Crippen molar-refractivity contribution in [3.05, 3.63) is 64.7 Å². The molecule has 2 N–H and O–H groups in total. The smallest absolute Gasteiger partial charge is 0.321 e. The summed E-state index contributed by atoms with van der Waals surface area (Å²) in [7, 11) is 0. The van der Waals surface area contributed by atoms with Gasteiger partial charge >= 0.3 is 12.0 Å². The summed E-state index contributed by atoms with van der Waals surface area (Å²) in [6, 6.07) is 13.8. The first-order chi connectivity index (χ1) is 13.9. The van der Waals surface area contributed by atoms with Crippen molar-refractivity contribution in [2.45, 2.75) is 26.0 Å². The molecule has 1 heterocycles. The number of hydrogen-bond donors (Lipinski definition) is 2. The number of benzene rings is 2. The minimum absolute atomic E-state index is 0.152. The van der Waals surface area contributed by atoms with E-state index in [0.29, 0.717) is 17.2 Å². The van der Waals surface area contributed by atoms with E-state index in [1.807, 2.05) is 30.3 Å². The lowest BCUT2D eigenvalue weighted by molar-refractivity contribution is -0.159. The molecule has 0 fully saturated rings. The zero-order valence-electron chi connectivity index (χ0n) is 15.8. The van der Waals surface area contributed by atoms with Gasteiger partial charge in [0.1, 0.15) is 12.4 Å². The molecule has 0 radical (unpaired) electrons. The molecule has 1 aliphatic heterocycles. The Labute approximate surface area is 173 Å². The molecule has 0 aliphatic carbocycles. The Kier molecular flexibility index (Phi) is 6.72. The first kappa shape index (κ1) is 20.7. The molecule has 8 heteroatoms. The van der Waals surface area contributed by atoms with Crippen molar-refractivity contribution in [1.29, 1.82) is 0 Å². The van der Waals surface area contributed by atoms with Crippen LogP contribution in [0.1, 0.15) is 18.1 Å². The Bertz CT molecular complexity index is 903. The number of rotatable bonds is 5. The largest absolute Gasteiger partial charge is 0.492 e. The monoisotopic (exact) mass is 416 g/mol. The van der Waals surface area contributed by atoms with Gasteiger partial charge in [-0.15, -0.1) is 0 Å². The molecular weight excluding hydrogens is 396 g/mol. The molecule has 0 saturated carbocycles. The number of halogens is 1. The molecule has 0 unspecified atom stereocenters. The van der Waals surface area contributed by atoms with Crippen molar-refractivity contribution in [1.82, 2.24) is 10.6 Å². The number of hydrogen-bond acceptors (Lipinski definition) is 5. The van der Waals surface area contributed by atoms with Crippen LogP contribution in [0.15, 0.2) is 48.5 Å². The second kappa shape index (κ2) is 9.43. The summed E-state index contributed by atoms with van der Waals surface area (Å²) in [5, 5.41) is 5.29. The van der Waals surface area contributed by atoms with E-state index >= 15 is 0 Å². The van der Waals surface area contributed by atoms with Crippen LogP contribution in [-0.4, -0.2) is 30.6 Å². The van der Waals surface area contributed by atoms with Gasteiger partial charge in [0.2, 0.25) is 0 Å². The van der Waals surface area contributed by atoms with Crippen LogP contribution < -0.4 is 15.4 Å². The minimum Gasteiger partial charge on any atom is -0.492 e. The predicted molar refractivity (Wildman–Crippen MR) is 107 cm³/mol. The lowest BCUT2D eigenvalue weighted by Gasteiger charge is -2.25. The molecular formula is C21H21ClN2O5. The molecule has 0 spiro atoms. The number of urea groups is 1. The highest BCUT2D eigenvalue weighted by atomic mass is 35.5. The topological polar surface area (TPSA) is 93.7 Å². The molecule has 2 atom stereocenters. The minimum atomic E-state index is -1.12. The summed E-state index contributed by atoms with van der Waals surface area (Å²) in [6.07, 6.45) is -0.716. The zero-order valence-corrected chi connectivity index (χ0v) is 16.6. The zero-order chi connectivity index (χ0) is 20.8. The standard InChI is InChI=1S/C21H21ClN2O5/c1-13(19(25)24-21(27)23-11-14-5-3-2-4-6-14)29-20(26)16-9-15-10-17(22)7-8-18(15)28-12-16/h2-8,10,13,16H,9,11-12H2,1H3,(H2,23,24,25,27)/t13-,16+/m1/s1. The quantitative estimate of drug-likeness (QED) is 0.731. The van der Waals surface area contributed by atoms with E-state index in [2.05, 4.69) is 10.6 Å². The third-order valence-corrected chi connectivity index (χ3v) is 4.69. The van der Waals surface area contributed by atoms with Gasteiger partial charge in [-0.05, 0) is 42.7 Å². The molecule has 0 saturated heterocycles. The molecule has 1 aliphatic rings. The summed E-state index contributed by atoms with van der Waals surface area (Å²) in [5.41, 5.74) is 1.70. The van der Waals surface area contributed by atoms with E-state index in [0.717, 1.165) is 11.1 Å². The van der Waals surface area contributed by atoms with Gasteiger partial charge in [0, 0.05) is 11.6 Å². The van der Waals surface area contributed by atoms with Crippen LogP contribution in [0.25, 0.3) is 0 Å². The van der Waals surface area contributed by atoms with Gasteiger partial charge in [-0.2, -0.15) is 0 Å². The van der Waals surface area contributed by atoms with Crippen LogP contribution in [0.5, 0.6) is 5.75 Å². The molecule has 0 aromatic heterocycles. The van der Waals surface area contributed by atoms with Gasteiger partial charge in [-0.1, -0.05) is 41.9 Å². The van der Waals surface area contributed by atoms with E-state index in [-0.39, 0.29) is 13.2 Å². The predicted octanol–water partition coefficient (Wildman–Crippen LogP) is 2.85. The molecule has 3 amide bonds. The number of carbonyl (C=O) groups is 3. The van der Waals surface area contributed by atoms with Crippen LogP contribution >= 0.6 is 11.6 Å². The Morgan fingerprint density at radius 2 is 1.97 bits per heavy atom. The van der Waals surface area contributed by atoms with E-state index in [1.54, 1.807) is 18.2 Å². The van der Waals surface area contributed by atoms with E-state index in [1.165, 1.54) is 6.92 Å². The maximum absolute atomic E-state index is 12.4. The van der Waals surface area contributed by atoms with E-state index in [9.17, 15) is 14.4 Å². The van der Waals surface area contributed by atoms with Crippen molar-refractivity contribution in [2.75, 3.05) is 6.61 Å². The van der Waals surface area contributed by atoms with Gasteiger partial charge < -0.3 is 14.8 Å². The first-order valence-electron chi connectivity index (χ1n) is 9.16. The summed E-state index contributed by atoms with van der Waals surface area (Å²) in [6.45, 7) is 1.83. The Morgan fingerprint density at radius 1 is 1.21 bits per heavy atom. The number of nitrogens with one attached hydrogen (secondary N) is 2. The average Bonchev–Trinajstić information content (AvgIpc) is 2.72. The molecule has 152 valence electrons. The van der Waals surface area contributed by atoms with Crippen molar-refractivity contribution < 1.29 is 23.9 Å². The van der Waals surface area contributed by atoms with Crippen molar-refractivity contribution in [3.63, 3.8) is 0 Å². The Hall–Kier alpha value is -3.06. The Balaban J connectivity index is 1.46. The number of esters is 1. The van der Waals surface area contributed by atoms with Gasteiger partial charge in [-0.25, -0.2) is 4.79 Å². The highest BCUT2D eigenvalue weighted by Crippen LogP contribution is 2.30. The van der Waals surface area contributed by atoms with Crippen molar-refractivity contribution in [3.8, 4) is 5.75 Å². The van der Waals surface area contributed by atoms with Gasteiger partial charge in [0.05, 0.1) is 5.92 Å². The van der Waals surface area contributed by atoms with Gasteiger partial charge in [-0.3, -0.25) is 14.9 Å². The van der Waals surface area contributed by atoms with Crippen LogP contribution in [0.2, 0.25) is 5.02 Å². The number of carbonyl (C=O) groups excluding carboxylic acids is 3. The highest BCUT2D eigenvalue weighted by Gasteiger charge is 2.30. The fourth-order valence-electron chi connectivity index (χ4n) is 2.87. The second-order valence-electron chi connectivity index (χ2n) is 6.70. The molecule has 7 nitrogen and oxygen atoms in total. The lowest BCUT2D eigenvalue weighted by atomic mass is 9.97. The van der Waals surface area contributed by atoms with Gasteiger partial charge in [0.25, 0.3) is 5.91 Å². The molecule has 3 rings (SSSR count). The van der Waals surface area contributed by atoms with Crippen LogP contribution in [0, 0.1) is 5.92 Å². The number of amides is 3. The van der Waals surface area contributed by atoms with Crippen LogP contribution in [-0.2, 0) is 27.3 Å². The molecule has 29 heavy (non-hydrogen) atoms. The summed E-state index contributed by atoms with van der Waals surface area (Å²) >= 11 is 5.98. The molecule has 0 bridgehead atoms. The first-order valence-corrected chi connectivity index (χ1v) is 9.54. The summed E-state index contributed by atoms with van der Waals surface area (Å²) in [4.78, 5) is 36.4. The number of fused-ring (bicyclic) bond motifs is 1. The summed E-state index contributed by atoms with van der Waals surface area (Å²) < 4.78 is 10.8. The van der Waals surface area contributed by atoms with E-state index in [4.69, 9.17) is 21.1 Å². The maximum atomic E-state index is 12.4. The van der Waals surface area contributed by atoms with Crippen LogP contribution in [0.3, 0.4) is 0 Å². The average molecular weight is 417 g/mol. The van der Waals surface area contributed by atoms with Crippen molar-refractivity contribution in [2.24, 2.45) is 5.92 Å². The fraction of sp³-hybridized carbons (Fsp3) is 0.286. The number of ether oxygens (including phenoxy) is 2. The fourth-order valence-corrected chi connectivity index (χ4v) is 3.07. The van der Waals surface area contributed by atoms with Gasteiger partial charge in [0.15, 0.2) is 6.10 Å². The van der Waals surface area contributed by atoms with E-state index < -0.39 is 29.9 Å². The van der Waals surface area contributed by atoms with Crippen molar-refractivity contribution >= 4 is 29.5 Å². The SMILES string of the molecule is C[C@@H](OC(=O)[C@@H]1COc2ccc(Cl)cc2C1)C(=O)NC(=O)NCc1ccccc1. The third kappa shape index (κ3) is 5.71. The number of imide groups is 1. The second-order valence-corrected chi connectivity index (χ2v) is 7.14. The maximum Gasteiger partial charge on any atom is 0.321 e. The third-order valence-electron chi connectivity index (χ3n) is 4.46. The van der Waals surface area contributed by atoms with Crippen LogP contribution in [0.4, 0.5) is 4.79 Å². The summed E-state index contributed by atoms with van der Waals surface area (Å²) in [5.74, 6) is -1.14. The highest BCUT2D eigenvalue weighted by molar-refractivity contribution is 6.30. The Morgan fingerprint density at radius 3 is 2.72 bits per heavy atom. The molecule has 2 aromatic rings. The normalized spacial score (nSPS) is 16.0. The molecule has 2 aromatic carbocycles. The lowest BCUT2D eigenvalue weighted by Crippen LogP contribution is -2.45.